The highest BCUT2D eigenvalue weighted by atomic mass is 19.4. The first-order valence-electron chi connectivity index (χ1n) is 8.44. The van der Waals surface area contributed by atoms with Gasteiger partial charge in [-0.05, 0) is 50.2 Å². The molecule has 4 nitrogen and oxygen atoms in total. The zero-order valence-electron chi connectivity index (χ0n) is 13.8. The molecule has 1 aliphatic carbocycles. The summed E-state index contributed by atoms with van der Waals surface area (Å²) in [6.07, 6.45) is -0.820. The van der Waals surface area contributed by atoms with Gasteiger partial charge in [0.15, 0.2) is 0 Å². The van der Waals surface area contributed by atoms with E-state index in [9.17, 15) is 22.8 Å². The largest absolute Gasteiger partial charge is 0.481 e. The number of carbonyl (C=O) groups excluding carboxylic acids is 1. The highest BCUT2D eigenvalue weighted by Crippen LogP contribution is 2.29. The van der Waals surface area contributed by atoms with Crippen molar-refractivity contribution in [1.29, 1.82) is 0 Å². The average Bonchev–Trinajstić information content (AvgIpc) is 2.55. The number of aryl methyl sites for hydroxylation is 1. The molecule has 1 aliphatic rings. The predicted octanol–water partition coefficient (Wildman–Crippen LogP) is 3.79. The Bertz CT molecular complexity index is 608. The summed E-state index contributed by atoms with van der Waals surface area (Å²) in [7, 11) is 0. The van der Waals surface area contributed by atoms with Gasteiger partial charge in [-0.25, -0.2) is 0 Å². The Morgan fingerprint density at radius 2 is 1.84 bits per heavy atom. The highest BCUT2D eigenvalue weighted by molar-refractivity contribution is 5.76. The first-order valence-corrected chi connectivity index (χ1v) is 8.44. The number of carboxylic acids is 1. The topological polar surface area (TPSA) is 66.4 Å². The minimum Gasteiger partial charge on any atom is -0.481 e. The van der Waals surface area contributed by atoms with Gasteiger partial charge in [-0.15, -0.1) is 0 Å². The molecule has 1 amide bonds. The first-order chi connectivity index (χ1) is 11.8. The molecular formula is C18H22F3NO3. The molecule has 1 aromatic carbocycles. The molecule has 0 aliphatic heterocycles. The maximum Gasteiger partial charge on any atom is 0.416 e. The Morgan fingerprint density at radius 3 is 2.44 bits per heavy atom. The van der Waals surface area contributed by atoms with Crippen LogP contribution < -0.4 is 5.32 Å². The van der Waals surface area contributed by atoms with Gasteiger partial charge < -0.3 is 10.4 Å². The van der Waals surface area contributed by atoms with Crippen LogP contribution in [0.1, 0.15) is 49.7 Å². The fraction of sp³-hybridized carbons (Fsp3) is 0.556. The van der Waals surface area contributed by atoms with Crippen molar-refractivity contribution in [2.45, 2.75) is 57.2 Å². The first kappa shape index (κ1) is 19.3. The third-order valence-electron chi connectivity index (χ3n) is 4.57. The van der Waals surface area contributed by atoms with E-state index in [1.807, 2.05) is 0 Å². The Morgan fingerprint density at radius 1 is 1.16 bits per heavy atom. The fourth-order valence-electron chi connectivity index (χ4n) is 3.14. The van der Waals surface area contributed by atoms with E-state index in [-0.39, 0.29) is 24.3 Å². The lowest BCUT2D eigenvalue weighted by molar-refractivity contribution is -0.143. The van der Waals surface area contributed by atoms with Crippen molar-refractivity contribution in [3.63, 3.8) is 0 Å². The SMILES string of the molecule is O=C(CCCc1cccc(C(F)(F)F)c1)NC1CCC(C(=O)O)CC1. The summed E-state index contributed by atoms with van der Waals surface area (Å²) >= 11 is 0. The van der Waals surface area contributed by atoms with Crippen LogP contribution in [-0.2, 0) is 22.2 Å². The standard InChI is InChI=1S/C18H22F3NO3/c19-18(20,21)14-5-1-3-12(11-14)4-2-6-16(23)22-15-9-7-13(8-10-15)17(24)25/h1,3,5,11,13,15H,2,4,6-10H2,(H,22,23)(H,24,25). The summed E-state index contributed by atoms with van der Waals surface area (Å²) < 4.78 is 38.0. The minimum absolute atomic E-state index is 0.00310. The van der Waals surface area contributed by atoms with Crippen molar-refractivity contribution < 1.29 is 27.9 Å². The molecule has 7 heteroatoms. The van der Waals surface area contributed by atoms with Crippen LogP contribution in [0.5, 0.6) is 0 Å². The van der Waals surface area contributed by atoms with E-state index in [0.717, 1.165) is 12.1 Å². The number of carboxylic acid groups (broad SMARTS) is 1. The molecule has 2 N–H and O–H groups in total. The van der Waals surface area contributed by atoms with Crippen LogP contribution in [0.25, 0.3) is 0 Å². The normalized spacial score (nSPS) is 20.9. The number of rotatable bonds is 6. The van der Waals surface area contributed by atoms with E-state index in [4.69, 9.17) is 5.11 Å². The molecule has 0 unspecified atom stereocenters. The van der Waals surface area contributed by atoms with Crippen LogP contribution >= 0.6 is 0 Å². The fourth-order valence-corrected chi connectivity index (χ4v) is 3.14. The molecule has 1 fully saturated rings. The summed E-state index contributed by atoms with van der Waals surface area (Å²) in [6, 6.07) is 5.14. The van der Waals surface area contributed by atoms with E-state index in [1.165, 1.54) is 6.07 Å². The van der Waals surface area contributed by atoms with E-state index in [0.29, 0.717) is 44.1 Å². The van der Waals surface area contributed by atoms with Crippen molar-refractivity contribution in [2.24, 2.45) is 5.92 Å². The van der Waals surface area contributed by atoms with Gasteiger partial charge in [0.2, 0.25) is 5.91 Å². The molecule has 0 heterocycles. The van der Waals surface area contributed by atoms with Gasteiger partial charge in [0, 0.05) is 12.5 Å². The van der Waals surface area contributed by atoms with Crippen LogP contribution in [0.3, 0.4) is 0 Å². The van der Waals surface area contributed by atoms with Gasteiger partial charge in [0.05, 0.1) is 11.5 Å². The van der Waals surface area contributed by atoms with E-state index in [1.54, 1.807) is 6.07 Å². The Hall–Kier alpha value is -2.05. The van der Waals surface area contributed by atoms with E-state index in [2.05, 4.69) is 5.32 Å². The second kappa shape index (κ2) is 8.36. The molecular weight excluding hydrogens is 335 g/mol. The van der Waals surface area contributed by atoms with Gasteiger partial charge in [-0.1, -0.05) is 18.2 Å². The number of hydrogen-bond donors (Lipinski definition) is 2. The number of aliphatic carboxylic acids is 1. The van der Waals surface area contributed by atoms with E-state index >= 15 is 0 Å². The third-order valence-corrected chi connectivity index (χ3v) is 4.57. The number of halogens is 3. The maximum atomic E-state index is 12.7. The Balaban J connectivity index is 1.72. The van der Waals surface area contributed by atoms with Crippen molar-refractivity contribution in [2.75, 3.05) is 0 Å². The zero-order valence-corrected chi connectivity index (χ0v) is 13.8. The maximum absolute atomic E-state index is 12.7. The molecule has 0 saturated heterocycles. The molecule has 1 saturated carbocycles. The number of nitrogens with one attached hydrogen (secondary N) is 1. The van der Waals surface area contributed by atoms with Crippen LogP contribution in [0.2, 0.25) is 0 Å². The highest BCUT2D eigenvalue weighted by Gasteiger charge is 2.30. The molecule has 25 heavy (non-hydrogen) atoms. The van der Waals surface area contributed by atoms with Gasteiger partial charge in [-0.2, -0.15) is 13.2 Å². The third kappa shape index (κ3) is 6.07. The molecule has 0 atom stereocenters. The van der Waals surface area contributed by atoms with Crippen molar-refractivity contribution in [1.82, 2.24) is 5.32 Å². The van der Waals surface area contributed by atoms with Crippen molar-refractivity contribution in [3.8, 4) is 0 Å². The summed E-state index contributed by atoms with van der Waals surface area (Å²) in [5.41, 5.74) is -0.116. The summed E-state index contributed by atoms with van der Waals surface area (Å²) in [5, 5.41) is 11.8. The quantitative estimate of drug-likeness (QED) is 0.814. The summed E-state index contributed by atoms with van der Waals surface area (Å²) in [6.45, 7) is 0. The lowest BCUT2D eigenvalue weighted by atomic mass is 9.86. The lowest BCUT2D eigenvalue weighted by Crippen LogP contribution is -2.38. The average molecular weight is 357 g/mol. The van der Waals surface area contributed by atoms with E-state index < -0.39 is 17.7 Å². The van der Waals surface area contributed by atoms with Crippen molar-refractivity contribution in [3.05, 3.63) is 35.4 Å². The van der Waals surface area contributed by atoms with Gasteiger partial charge in [0.25, 0.3) is 0 Å². The smallest absolute Gasteiger partial charge is 0.416 e. The second-order valence-corrected chi connectivity index (χ2v) is 6.51. The molecule has 0 radical (unpaired) electrons. The molecule has 2 rings (SSSR count). The molecule has 0 aromatic heterocycles. The summed E-state index contributed by atoms with van der Waals surface area (Å²) in [5.74, 6) is -1.24. The predicted molar refractivity (Wildman–Crippen MR) is 85.9 cm³/mol. The number of alkyl halides is 3. The van der Waals surface area contributed by atoms with Crippen LogP contribution in [0, 0.1) is 5.92 Å². The molecule has 1 aromatic rings. The second-order valence-electron chi connectivity index (χ2n) is 6.51. The van der Waals surface area contributed by atoms with Crippen LogP contribution in [0.4, 0.5) is 13.2 Å². The van der Waals surface area contributed by atoms with Gasteiger partial charge in [0.1, 0.15) is 0 Å². The summed E-state index contributed by atoms with van der Waals surface area (Å²) in [4.78, 5) is 22.8. The molecule has 0 bridgehead atoms. The van der Waals surface area contributed by atoms with Crippen LogP contribution in [0.15, 0.2) is 24.3 Å². The number of hydrogen-bond acceptors (Lipinski definition) is 2. The molecule has 138 valence electrons. The molecule has 0 spiro atoms. The monoisotopic (exact) mass is 357 g/mol. The minimum atomic E-state index is -4.36. The number of amides is 1. The Labute approximate surface area is 144 Å². The van der Waals surface area contributed by atoms with Gasteiger partial charge in [-0.3, -0.25) is 9.59 Å². The number of carbonyl (C=O) groups is 2. The Kier molecular flexibility index (Phi) is 6.45. The van der Waals surface area contributed by atoms with Crippen molar-refractivity contribution >= 4 is 11.9 Å². The number of benzene rings is 1. The van der Waals surface area contributed by atoms with Gasteiger partial charge >= 0.3 is 12.1 Å². The lowest BCUT2D eigenvalue weighted by Gasteiger charge is -2.26. The zero-order chi connectivity index (χ0) is 18.4. The van der Waals surface area contributed by atoms with Crippen LogP contribution in [-0.4, -0.2) is 23.0 Å².